The second-order valence-corrected chi connectivity index (χ2v) is 8.45. The largest absolute Gasteiger partial charge is 0.494 e. The number of fused-ring (bicyclic) bond motifs is 1. The van der Waals surface area contributed by atoms with Gasteiger partial charge in [0.1, 0.15) is 5.75 Å². The smallest absolute Gasteiger partial charge is 0.191 e. The maximum atomic E-state index is 13.9. The SMILES string of the molecule is CN=C(NCCc1ccc2c(c1)CCO2)NC1CCN(Cc2ccc(OC)c(F)c2)CC1. The Balaban J connectivity index is 1.18. The Hall–Kier alpha value is -2.80. The lowest BCUT2D eigenvalue weighted by Gasteiger charge is -2.33. The van der Waals surface area contributed by atoms with Crippen molar-refractivity contribution in [2.24, 2.45) is 4.99 Å². The van der Waals surface area contributed by atoms with E-state index in [-0.39, 0.29) is 5.82 Å². The van der Waals surface area contributed by atoms with Crippen LogP contribution >= 0.6 is 0 Å². The van der Waals surface area contributed by atoms with Crippen molar-refractivity contribution < 1.29 is 13.9 Å². The van der Waals surface area contributed by atoms with Crippen LogP contribution in [0.4, 0.5) is 4.39 Å². The summed E-state index contributed by atoms with van der Waals surface area (Å²) in [7, 11) is 3.30. The van der Waals surface area contributed by atoms with E-state index in [1.54, 1.807) is 12.1 Å². The average molecular weight is 441 g/mol. The molecule has 2 aromatic rings. The summed E-state index contributed by atoms with van der Waals surface area (Å²) in [5.41, 5.74) is 3.61. The Morgan fingerprint density at radius 3 is 2.75 bits per heavy atom. The number of ether oxygens (including phenoxy) is 2. The molecule has 2 N–H and O–H groups in total. The van der Waals surface area contributed by atoms with Crippen LogP contribution < -0.4 is 20.1 Å². The molecule has 6 nitrogen and oxygen atoms in total. The van der Waals surface area contributed by atoms with Crippen molar-refractivity contribution >= 4 is 5.96 Å². The van der Waals surface area contributed by atoms with Gasteiger partial charge in [-0.3, -0.25) is 9.89 Å². The van der Waals surface area contributed by atoms with Crippen molar-refractivity contribution in [1.29, 1.82) is 0 Å². The first kappa shape index (κ1) is 22.4. The Morgan fingerprint density at radius 2 is 2.00 bits per heavy atom. The Bertz CT molecular complexity index is 942. The molecule has 1 fully saturated rings. The number of hydrogen-bond donors (Lipinski definition) is 2. The third kappa shape index (κ3) is 5.71. The van der Waals surface area contributed by atoms with E-state index in [9.17, 15) is 4.39 Å². The number of hydrogen-bond acceptors (Lipinski definition) is 4. The first-order chi connectivity index (χ1) is 15.6. The molecular weight excluding hydrogens is 407 g/mol. The minimum atomic E-state index is -0.301. The third-order valence-corrected chi connectivity index (χ3v) is 6.23. The van der Waals surface area contributed by atoms with E-state index in [0.717, 1.165) is 75.7 Å². The number of benzene rings is 2. The first-order valence-corrected chi connectivity index (χ1v) is 11.4. The van der Waals surface area contributed by atoms with Crippen molar-refractivity contribution in [2.45, 2.75) is 38.3 Å². The molecule has 0 spiro atoms. The van der Waals surface area contributed by atoms with Gasteiger partial charge in [0.2, 0.25) is 0 Å². The summed E-state index contributed by atoms with van der Waals surface area (Å²) >= 11 is 0. The monoisotopic (exact) mass is 440 g/mol. The summed E-state index contributed by atoms with van der Waals surface area (Å²) in [5, 5.41) is 7.00. The van der Waals surface area contributed by atoms with Crippen molar-refractivity contribution in [3.05, 3.63) is 58.9 Å². The predicted molar refractivity (Wildman–Crippen MR) is 125 cm³/mol. The van der Waals surface area contributed by atoms with Crippen LogP contribution in [0.5, 0.6) is 11.5 Å². The summed E-state index contributed by atoms with van der Waals surface area (Å²) in [6.45, 7) is 4.33. The number of aliphatic imine (C=N–C) groups is 1. The van der Waals surface area contributed by atoms with Crippen LogP contribution in [0.1, 0.15) is 29.5 Å². The minimum absolute atomic E-state index is 0.292. The highest BCUT2D eigenvalue weighted by molar-refractivity contribution is 5.79. The Labute approximate surface area is 189 Å². The second kappa shape index (κ2) is 10.7. The third-order valence-electron chi connectivity index (χ3n) is 6.23. The van der Waals surface area contributed by atoms with Crippen LogP contribution in [0.15, 0.2) is 41.4 Å². The molecule has 0 aromatic heterocycles. The summed E-state index contributed by atoms with van der Waals surface area (Å²) in [4.78, 5) is 6.76. The van der Waals surface area contributed by atoms with Gasteiger partial charge in [-0.2, -0.15) is 0 Å². The normalized spacial score (nSPS) is 17.0. The highest BCUT2D eigenvalue weighted by atomic mass is 19.1. The van der Waals surface area contributed by atoms with Gasteiger partial charge in [-0.1, -0.05) is 18.2 Å². The van der Waals surface area contributed by atoms with Crippen LogP contribution in [0.2, 0.25) is 0 Å². The van der Waals surface area contributed by atoms with E-state index in [4.69, 9.17) is 9.47 Å². The molecule has 2 aliphatic rings. The van der Waals surface area contributed by atoms with Crippen molar-refractivity contribution in [3.63, 3.8) is 0 Å². The lowest BCUT2D eigenvalue weighted by molar-refractivity contribution is 0.198. The van der Waals surface area contributed by atoms with E-state index in [2.05, 4.69) is 38.7 Å². The topological polar surface area (TPSA) is 58.1 Å². The van der Waals surface area contributed by atoms with E-state index in [0.29, 0.717) is 11.8 Å². The van der Waals surface area contributed by atoms with Crippen LogP contribution in [-0.4, -0.2) is 57.3 Å². The molecular formula is C25H33FN4O2. The maximum absolute atomic E-state index is 13.9. The molecule has 1 saturated heterocycles. The predicted octanol–water partition coefficient (Wildman–Crippen LogP) is 3.14. The lowest BCUT2D eigenvalue weighted by atomic mass is 10.0. The number of halogens is 1. The summed E-state index contributed by atoms with van der Waals surface area (Å²) < 4.78 is 24.5. The van der Waals surface area contributed by atoms with Gasteiger partial charge < -0.3 is 20.1 Å². The van der Waals surface area contributed by atoms with Gasteiger partial charge in [-0.05, 0) is 54.2 Å². The molecule has 0 atom stereocenters. The molecule has 0 unspecified atom stereocenters. The van der Waals surface area contributed by atoms with Gasteiger partial charge >= 0.3 is 0 Å². The fourth-order valence-electron chi connectivity index (χ4n) is 4.41. The number of nitrogens with zero attached hydrogens (tertiary/aromatic N) is 2. The molecule has 0 amide bonds. The van der Waals surface area contributed by atoms with Gasteiger partial charge in [-0.15, -0.1) is 0 Å². The quantitative estimate of drug-likeness (QED) is 0.512. The number of piperidine rings is 1. The van der Waals surface area contributed by atoms with E-state index >= 15 is 0 Å². The molecule has 0 saturated carbocycles. The molecule has 2 aromatic carbocycles. The maximum Gasteiger partial charge on any atom is 0.191 e. The van der Waals surface area contributed by atoms with E-state index < -0.39 is 0 Å². The first-order valence-electron chi connectivity index (χ1n) is 11.4. The molecule has 172 valence electrons. The van der Waals surface area contributed by atoms with Gasteiger partial charge in [0.05, 0.1) is 13.7 Å². The summed E-state index contributed by atoms with van der Waals surface area (Å²) in [6, 6.07) is 12.1. The summed E-state index contributed by atoms with van der Waals surface area (Å²) in [5.74, 6) is 1.87. The van der Waals surface area contributed by atoms with Gasteiger partial charge in [0.15, 0.2) is 17.5 Å². The molecule has 4 rings (SSSR count). The Morgan fingerprint density at radius 1 is 1.19 bits per heavy atom. The number of likely N-dealkylation sites (tertiary alicyclic amines) is 1. The molecule has 2 heterocycles. The molecule has 32 heavy (non-hydrogen) atoms. The highest BCUT2D eigenvalue weighted by Crippen LogP contribution is 2.26. The minimum Gasteiger partial charge on any atom is -0.494 e. The van der Waals surface area contributed by atoms with Crippen LogP contribution in [-0.2, 0) is 19.4 Å². The van der Waals surface area contributed by atoms with Crippen molar-refractivity contribution in [3.8, 4) is 11.5 Å². The molecule has 0 radical (unpaired) electrons. The fourth-order valence-corrected chi connectivity index (χ4v) is 4.41. The summed E-state index contributed by atoms with van der Waals surface area (Å²) in [6.07, 6.45) is 4.02. The molecule has 2 aliphatic heterocycles. The number of guanidine groups is 1. The standard InChI is InChI=1S/C25H33FN4O2/c1-27-25(28-11-7-18-3-5-23-20(15-18)10-14-32-23)29-21-8-12-30(13-9-21)17-19-4-6-24(31-2)22(26)16-19/h3-6,15-16,21H,7-14,17H2,1-2H3,(H2,27,28,29). The van der Waals surface area contributed by atoms with E-state index in [1.165, 1.54) is 18.2 Å². The van der Waals surface area contributed by atoms with Crippen LogP contribution in [0.25, 0.3) is 0 Å². The average Bonchev–Trinajstić information content (AvgIpc) is 3.28. The lowest BCUT2D eigenvalue weighted by Crippen LogP contribution is -2.48. The molecule has 7 heteroatoms. The zero-order valence-corrected chi connectivity index (χ0v) is 19.0. The van der Waals surface area contributed by atoms with Gasteiger partial charge in [0, 0.05) is 45.7 Å². The van der Waals surface area contributed by atoms with E-state index in [1.807, 2.05) is 13.1 Å². The molecule has 0 aliphatic carbocycles. The number of rotatable bonds is 7. The fraction of sp³-hybridized carbons (Fsp3) is 0.480. The number of methoxy groups -OCH3 is 1. The van der Waals surface area contributed by atoms with Crippen LogP contribution in [0.3, 0.4) is 0 Å². The Kier molecular flexibility index (Phi) is 7.47. The van der Waals surface area contributed by atoms with Gasteiger partial charge in [0.25, 0.3) is 0 Å². The number of nitrogens with one attached hydrogen (secondary N) is 2. The highest BCUT2D eigenvalue weighted by Gasteiger charge is 2.20. The zero-order chi connectivity index (χ0) is 22.3. The van der Waals surface area contributed by atoms with Gasteiger partial charge in [-0.25, -0.2) is 4.39 Å². The van der Waals surface area contributed by atoms with Crippen LogP contribution in [0, 0.1) is 5.82 Å². The molecule has 0 bridgehead atoms. The van der Waals surface area contributed by atoms with Crippen molar-refractivity contribution in [1.82, 2.24) is 15.5 Å². The van der Waals surface area contributed by atoms with Crippen molar-refractivity contribution in [2.75, 3.05) is 40.4 Å². The zero-order valence-electron chi connectivity index (χ0n) is 19.0. The second-order valence-electron chi connectivity index (χ2n) is 8.45.